The molecule has 18 heavy (non-hydrogen) atoms. The number of anilines is 1. The number of hydrogen-bond donors (Lipinski definition) is 1. The largest absolute Gasteiger partial charge is 0.399 e. The zero-order chi connectivity index (χ0) is 13.3. The Morgan fingerprint density at radius 3 is 2.56 bits per heavy atom. The van der Waals surface area contributed by atoms with Gasteiger partial charge in [-0.25, -0.2) is 12.8 Å². The lowest BCUT2D eigenvalue weighted by Crippen LogP contribution is -2.05. The molecule has 0 bridgehead atoms. The number of halogens is 2. The van der Waals surface area contributed by atoms with E-state index in [1.807, 2.05) is 0 Å². The van der Waals surface area contributed by atoms with Gasteiger partial charge < -0.3 is 5.73 Å². The molecule has 0 amide bonds. The second-order valence-corrected chi connectivity index (χ2v) is 8.22. The first kappa shape index (κ1) is 13.5. The lowest BCUT2D eigenvalue weighted by molar-refractivity contribution is 0.590. The van der Waals surface area contributed by atoms with E-state index in [4.69, 9.17) is 5.73 Å². The van der Waals surface area contributed by atoms with Gasteiger partial charge >= 0.3 is 0 Å². The predicted octanol–water partition coefficient (Wildman–Crippen LogP) is 3.21. The van der Waals surface area contributed by atoms with Gasteiger partial charge in [0.2, 0.25) is 0 Å². The highest BCUT2D eigenvalue weighted by atomic mass is 79.9. The fraction of sp³-hybridized carbons (Fsp3) is 0.0909. The van der Waals surface area contributed by atoms with E-state index in [1.165, 1.54) is 17.4 Å². The molecule has 0 aliphatic rings. The monoisotopic (exact) mass is 349 g/mol. The molecule has 0 fully saturated rings. The van der Waals surface area contributed by atoms with Crippen LogP contribution in [0.25, 0.3) is 0 Å². The molecule has 0 aliphatic carbocycles. The maximum atomic E-state index is 13.2. The molecule has 0 radical (unpaired) electrons. The molecule has 96 valence electrons. The summed E-state index contributed by atoms with van der Waals surface area (Å²) in [6.45, 7) is 0. The molecule has 0 unspecified atom stereocenters. The fourth-order valence-corrected chi connectivity index (χ4v) is 4.69. The molecule has 1 aromatic heterocycles. The second kappa shape index (κ2) is 4.99. The van der Waals surface area contributed by atoms with E-state index in [9.17, 15) is 12.8 Å². The zero-order valence-corrected chi connectivity index (χ0v) is 12.3. The van der Waals surface area contributed by atoms with Crippen LogP contribution in [-0.2, 0) is 15.6 Å². The predicted molar refractivity (Wildman–Crippen MR) is 73.7 cm³/mol. The maximum absolute atomic E-state index is 13.2. The summed E-state index contributed by atoms with van der Waals surface area (Å²) in [4.78, 5) is 0.592. The fourth-order valence-electron chi connectivity index (χ4n) is 1.46. The Bertz CT molecular complexity index is 662. The number of sulfone groups is 1. The summed E-state index contributed by atoms with van der Waals surface area (Å²) in [5.41, 5.74) is 5.54. The molecule has 2 N–H and O–H groups in total. The quantitative estimate of drug-likeness (QED) is 0.865. The van der Waals surface area contributed by atoms with Crippen molar-refractivity contribution in [3.8, 4) is 0 Å². The van der Waals surface area contributed by atoms with Crippen molar-refractivity contribution in [1.82, 2.24) is 0 Å². The van der Waals surface area contributed by atoms with Gasteiger partial charge in [0.25, 0.3) is 0 Å². The highest BCUT2D eigenvalue weighted by Gasteiger charge is 2.18. The van der Waals surface area contributed by atoms with Crippen LogP contribution in [-0.4, -0.2) is 8.42 Å². The van der Waals surface area contributed by atoms with Gasteiger partial charge in [-0.05, 0) is 46.3 Å². The molecule has 0 saturated carbocycles. The van der Waals surface area contributed by atoms with Crippen molar-refractivity contribution in [2.75, 3.05) is 5.73 Å². The molecule has 3 nitrogen and oxygen atoms in total. The summed E-state index contributed by atoms with van der Waals surface area (Å²) in [6, 6.07) is 6.82. The minimum atomic E-state index is -3.58. The third kappa shape index (κ3) is 3.09. The lowest BCUT2D eigenvalue weighted by Gasteiger charge is -2.04. The topological polar surface area (TPSA) is 60.2 Å². The molecule has 0 saturated heterocycles. The van der Waals surface area contributed by atoms with Crippen LogP contribution in [0.5, 0.6) is 0 Å². The van der Waals surface area contributed by atoms with E-state index in [0.717, 1.165) is 15.9 Å². The lowest BCUT2D eigenvalue weighted by atomic mass is 10.3. The molecule has 1 heterocycles. The van der Waals surface area contributed by atoms with Gasteiger partial charge in [0.05, 0.1) is 14.4 Å². The number of nitrogen functional groups attached to an aromatic ring is 1. The zero-order valence-electron chi connectivity index (χ0n) is 9.06. The van der Waals surface area contributed by atoms with Gasteiger partial charge in [0, 0.05) is 10.6 Å². The molecule has 2 aromatic rings. The average Bonchev–Trinajstić information content (AvgIpc) is 2.61. The van der Waals surface area contributed by atoms with E-state index in [2.05, 4.69) is 15.9 Å². The number of benzene rings is 1. The van der Waals surface area contributed by atoms with Gasteiger partial charge in [0.1, 0.15) is 5.82 Å². The number of thiophene rings is 1. The van der Waals surface area contributed by atoms with Crippen LogP contribution in [0.4, 0.5) is 10.1 Å². The van der Waals surface area contributed by atoms with E-state index in [1.54, 1.807) is 12.1 Å². The molecule has 7 heteroatoms. The Kier molecular flexibility index (Phi) is 3.74. The molecule has 0 aliphatic heterocycles. The molecule has 0 atom stereocenters. The van der Waals surface area contributed by atoms with Crippen LogP contribution >= 0.6 is 27.3 Å². The van der Waals surface area contributed by atoms with E-state index >= 15 is 0 Å². The minimum absolute atomic E-state index is 0.0930. The van der Waals surface area contributed by atoms with Crippen LogP contribution in [0.3, 0.4) is 0 Å². The van der Waals surface area contributed by atoms with Crippen molar-refractivity contribution >= 4 is 42.8 Å². The Labute approximate surface area is 116 Å². The standard InChI is InChI=1S/C11H9BrFNO2S2/c12-11-2-1-9(17-11)6-18(15,16)10-4-7(13)3-8(14)5-10/h1-5H,6,14H2. The van der Waals surface area contributed by atoms with E-state index in [0.29, 0.717) is 4.88 Å². The highest BCUT2D eigenvalue weighted by molar-refractivity contribution is 9.11. The number of hydrogen-bond acceptors (Lipinski definition) is 4. The summed E-state index contributed by atoms with van der Waals surface area (Å²) in [6.07, 6.45) is 0. The van der Waals surface area contributed by atoms with Gasteiger partial charge in [0.15, 0.2) is 9.84 Å². The second-order valence-electron chi connectivity index (χ2n) is 3.69. The van der Waals surface area contributed by atoms with Gasteiger partial charge in [-0.3, -0.25) is 0 Å². The smallest absolute Gasteiger partial charge is 0.183 e. The molecule has 2 rings (SSSR count). The van der Waals surface area contributed by atoms with Crippen molar-refractivity contribution < 1.29 is 12.8 Å². The van der Waals surface area contributed by atoms with Crippen molar-refractivity contribution in [2.24, 2.45) is 0 Å². The number of nitrogens with two attached hydrogens (primary N) is 1. The minimum Gasteiger partial charge on any atom is -0.399 e. The molecular formula is C11H9BrFNO2S2. The summed E-state index contributed by atoms with van der Waals surface area (Å²) < 4.78 is 38.2. The molecular weight excluding hydrogens is 341 g/mol. The first-order chi connectivity index (χ1) is 8.37. The SMILES string of the molecule is Nc1cc(F)cc(S(=O)(=O)Cc2ccc(Br)s2)c1. The van der Waals surface area contributed by atoms with Gasteiger partial charge in [-0.1, -0.05) is 0 Å². The maximum Gasteiger partial charge on any atom is 0.183 e. The van der Waals surface area contributed by atoms with Crippen molar-refractivity contribution in [1.29, 1.82) is 0 Å². The highest BCUT2D eigenvalue weighted by Crippen LogP contribution is 2.26. The Hall–Kier alpha value is -0.920. The van der Waals surface area contributed by atoms with Crippen LogP contribution in [0.2, 0.25) is 0 Å². The Balaban J connectivity index is 2.36. The summed E-state index contributed by atoms with van der Waals surface area (Å²) >= 11 is 4.59. The summed E-state index contributed by atoms with van der Waals surface area (Å²) in [5, 5.41) is 0. The third-order valence-corrected chi connectivity index (χ3v) is 5.67. The van der Waals surface area contributed by atoms with Gasteiger partial charge in [-0.2, -0.15) is 0 Å². The van der Waals surface area contributed by atoms with Gasteiger partial charge in [-0.15, -0.1) is 11.3 Å². The summed E-state index contributed by atoms with van der Waals surface area (Å²) in [5.74, 6) is -0.812. The molecule has 1 aromatic carbocycles. The van der Waals surface area contributed by atoms with Crippen molar-refractivity contribution in [2.45, 2.75) is 10.6 Å². The molecule has 0 spiro atoms. The third-order valence-electron chi connectivity index (χ3n) is 2.21. The van der Waals surface area contributed by atoms with Crippen LogP contribution < -0.4 is 5.73 Å². The van der Waals surface area contributed by atoms with Crippen molar-refractivity contribution in [3.63, 3.8) is 0 Å². The normalized spacial score (nSPS) is 11.7. The number of rotatable bonds is 3. The first-order valence-corrected chi connectivity index (χ1v) is 8.16. The Morgan fingerprint density at radius 2 is 2.00 bits per heavy atom. The first-order valence-electron chi connectivity index (χ1n) is 4.90. The van der Waals surface area contributed by atoms with Crippen LogP contribution in [0.15, 0.2) is 39.0 Å². The Morgan fingerprint density at radius 1 is 1.28 bits per heavy atom. The summed E-state index contributed by atoms with van der Waals surface area (Å²) in [7, 11) is -3.58. The van der Waals surface area contributed by atoms with E-state index in [-0.39, 0.29) is 16.3 Å². The van der Waals surface area contributed by atoms with E-state index < -0.39 is 15.7 Å². The van der Waals surface area contributed by atoms with Crippen LogP contribution in [0, 0.1) is 5.82 Å². The van der Waals surface area contributed by atoms with Crippen LogP contribution in [0.1, 0.15) is 4.88 Å². The average molecular weight is 350 g/mol. The van der Waals surface area contributed by atoms with Crippen molar-refractivity contribution in [3.05, 3.63) is 44.8 Å².